The zero-order valence-corrected chi connectivity index (χ0v) is 15.9. The highest BCUT2D eigenvalue weighted by molar-refractivity contribution is 5.89. The lowest BCUT2D eigenvalue weighted by molar-refractivity contribution is -0.137. The fraction of sp³-hybridized carbons (Fsp3) is 0.350. The number of aromatic nitrogens is 1. The number of hydrogen-bond acceptors (Lipinski definition) is 4. The zero-order valence-electron chi connectivity index (χ0n) is 15.9. The zero-order chi connectivity index (χ0) is 21.2. The molecule has 1 saturated heterocycles. The van der Waals surface area contributed by atoms with E-state index in [1.165, 1.54) is 18.3 Å². The fourth-order valence-corrected chi connectivity index (χ4v) is 3.44. The standard InChI is InChI=1S/C20H20F3N5O/c1-13-12-28(19(29)26-16-4-3-7-25-10-16)14(2)11-27(13)17-6-5-15(9-24)18(8-17)20(21,22)23/h3-8,10,13-14H,11-12H2,1-2H3,(H,26,29)/t13-,14+/m0/s1. The molecule has 2 amide bonds. The molecule has 2 heterocycles. The number of nitrogens with zero attached hydrogens (tertiary/aromatic N) is 4. The summed E-state index contributed by atoms with van der Waals surface area (Å²) < 4.78 is 39.9. The molecule has 6 nitrogen and oxygen atoms in total. The Kier molecular flexibility index (Phi) is 5.64. The van der Waals surface area contributed by atoms with Crippen molar-refractivity contribution in [2.75, 3.05) is 23.3 Å². The molecule has 2 aromatic rings. The van der Waals surface area contributed by atoms with Gasteiger partial charge in [0.2, 0.25) is 0 Å². The van der Waals surface area contributed by atoms with Crippen molar-refractivity contribution < 1.29 is 18.0 Å². The van der Waals surface area contributed by atoms with Crippen LogP contribution < -0.4 is 10.2 Å². The number of amides is 2. The summed E-state index contributed by atoms with van der Waals surface area (Å²) in [5.41, 5.74) is -0.407. The molecule has 0 unspecified atom stereocenters. The van der Waals surface area contributed by atoms with Crippen LogP contribution in [0.25, 0.3) is 0 Å². The minimum absolute atomic E-state index is 0.208. The monoisotopic (exact) mass is 403 g/mol. The maximum Gasteiger partial charge on any atom is 0.417 e. The van der Waals surface area contributed by atoms with Crippen LogP contribution >= 0.6 is 0 Å². The van der Waals surface area contributed by atoms with Gasteiger partial charge in [-0.1, -0.05) is 0 Å². The second-order valence-corrected chi connectivity index (χ2v) is 7.01. The van der Waals surface area contributed by atoms with E-state index in [4.69, 9.17) is 5.26 Å². The molecule has 0 aliphatic carbocycles. The van der Waals surface area contributed by atoms with Crippen LogP contribution in [0.1, 0.15) is 25.0 Å². The number of benzene rings is 1. The topological polar surface area (TPSA) is 72.3 Å². The van der Waals surface area contributed by atoms with Gasteiger partial charge < -0.3 is 15.1 Å². The first kappa shape index (κ1) is 20.5. The summed E-state index contributed by atoms with van der Waals surface area (Å²) >= 11 is 0. The summed E-state index contributed by atoms with van der Waals surface area (Å²) in [6, 6.07) is 8.02. The van der Waals surface area contributed by atoms with Gasteiger partial charge in [-0.05, 0) is 44.2 Å². The number of pyridine rings is 1. The highest BCUT2D eigenvalue weighted by Gasteiger charge is 2.36. The van der Waals surface area contributed by atoms with E-state index < -0.39 is 17.3 Å². The highest BCUT2D eigenvalue weighted by atomic mass is 19.4. The van der Waals surface area contributed by atoms with Crippen molar-refractivity contribution in [3.63, 3.8) is 0 Å². The van der Waals surface area contributed by atoms with Gasteiger partial charge in [0.25, 0.3) is 0 Å². The Hall–Kier alpha value is -3.28. The lowest BCUT2D eigenvalue weighted by atomic mass is 10.0. The number of carbonyl (C=O) groups is 1. The lowest BCUT2D eigenvalue weighted by Crippen LogP contribution is -2.59. The molecule has 1 aliphatic rings. The van der Waals surface area contributed by atoms with Crippen molar-refractivity contribution in [2.45, 2.75) is 32.1 Å². The van der Waals surface area contributed by atoms with Crippen LogP contribution in [0.3, 0.4) is 0 Å². The molecule has 1 aromatic heterocycles. The van der Waals surface area contributed by atoms with E-state index in [2.05, 4.69) is 10.3 Å². The molecule has 1 N–H and O–H groups in total. The summed E-state index contributed by atoms with van der Waals surface area (Å²) in [6.45, 7) is 4.40. The van der Waals surface area contributed by atoms with Crippen LogP contribution in [0.2, 0.25) is 0 Å². The quantitative estimate of drug-likeness (QED) is 0.819. The third-order valence-corrected chi connectivity index (χ3v) is 4.92. The molecular weight excluding hydrogens is 383 g/mol. The van der Waals surface area contributed by atoms with Crippen LogP contribution in [0.15, 0.2) is 42.7 Å². The van der Waals surface area contributed by atoms with Crippen molar-refractivity contribution in [1.82, 2.24) is 9.88 Å². The van der Waals surface area contributed by atoms with Crippen LogP contribution in [0, 0.1) is 11.3 Å². The molecule has 3 rings (SSSR count). The number of anilines is 2. The predicted octanol–water partition coefficient (Wildman–Crippen LogP) is 4.10. The number of carbonyl (C=O) groups excluding carboxylic acids is 1. The number of urea groups is 1. The van der Waals surface area contributed by atoms with Crippen molar-refractivity contribution in [3.8, 4) is 6.07 Å². The van der Waals surface area contributed by atoms with Gasteiger partial charge >= 0.3 is 12.2 Å². The first-order valence-corrected chi connectivity index (χ1v) is 9.06. The maximum atomic E-state index is 13.3. The Labute approximate surface area is 166 Å². The summed E-state index contributed by atoms with van der Waals surface area (Å²) in [5.74, 6) is 0. The van der Waals surface area contributed by atoms with Crippen LogP contribution in [-0.4, -0.2) is 41.1 Å². The van der Waals surface area contributed by atoms with Gasteiger partial charge in [0.15, 0.2) is 0 Å². The third kappa shape index (κ3) is 4.42. The second-order valence-electron chi connectivity index (χ2n) is 7.01. The molecule has 0 saturated carbocycles. The van der Waals surface area contributed by atoms with Gasteiger partial charge in [-0.3, -0.25) is 4.98 Å². The maximum absolute atomic E-state index is 13.3. The summed E-state index contributed by atoms with van der Waals surface area (Å²) in [6.07, 6.45) is -1.47. The number of nitrogens with one attached hydrogen (secondary N) is 1. The molecule has 0 bridgehead atoms. The Morgan fingerprint density at radius 2 is 2.00 bits per heavy atom. The first-order valence-electron chi connectivity index (χ1n) is 9.06. The molecule has 1 aliphatic heterocycles. The Morgan fingerprint density at radius 3 is 2.62 bits per heavy atom. The predicted molar refractivity (Wildman–Crippen MR) is 102 cm³/mol. The minimum Gasteiger partial charge on any atom is -0.365 e. The molecule has 29 heavy (non-hydrogen) atoms. The normalized spacial score (nSPS) is 19.6. The molecule has 9 heteroatoms. The number of nitriles is 1. The first-order chi connectivity index (χ1) is 13.7. The van der Waals surface area contributed by atoms with Crippen molar-refractivity contribution in [2.24, 2.45) is 0 Å². The third-order valence-electron chi connectivity index (χ3n) is 4.92. The van der Waals surface area contributed by atoms with E-state index in [-0.39, 0.29) is 18.1 Å². The highest BCUT2D eigenvalue weighted by Crippen LogP contribution is 2.35. The van der Waals surface area contributed by atoms with Gasteiger partial charge in [-0.15, -0.1) is 0 Å². The number of rotatable bonds is 2. The molecule has 152 valence electrons. The van der Waals surface area contributed by atoms with E-state index in [9.17, 15) is 18.0 Å². The van der Waals surface area contributed by atoms with Gasteiger partial charge in [0, 0.05) is 37.1 Å². The van der Waals surface area contributed by atoms with Gasteiger partial charge in [0.1, 0.15) is 0 Å². The van der Waals surface area contributed by atoms with E-state index in [1.54, 1.807) is 29.3 Å². The summed E-state index contributed by atoms with van der Waals surface area (Å²) in [4.78, 5) is 20.1. The number of piperazine rings is 1. The van der Waals surface area contributed by atoms with Crippen LogP contribution in [0.5, 0.6) is 0 Å². The van der Waals surface area contributed by atoms with Crippen LogP contribution in [0.4, 0.5) is 29.3 Å². The molecular formula is C20H20F3N5O. The number of hydrogen-bond donors (Lipinski definition) is 1. The van der Waals surface area contributed by atoms with Crippen molar-refractivity contribution in [3.05, 3.63) is 53.9 Å². The number of alkyl halides is 3. The molecule has 1 fully saturated rings. The van der Waals surface area contributed by atoms with Gasteiger partial charge in [0.05, 0.1) is 29.1 Å². The molecule has 1 aromatic carbocycles. The molecule has 2 atom stereocenters. The van der Waals surface area contributed by atoms with Crippen molar-refractivity contribution in [1.29, 1.82) is 5.26 Å². The Bertz CT molecular complexity index is 926. The summed E-state index contributed by atoms with van der Waals surface area (Å²) in [5, 5.41) is 11.8. The van der Waals surface area contributed by atoms with Crippen molar-refractivity contribution >= 4 is 17.4 Å². The Balaban J connectivity index is 1.78. The van der Waals surface area contributed by atoms with E-state index in [0.29, 0.717) is 24.5 Å². The second kappa shape index (κ2) is 7.99. The van der Waals surface area contributed by atoms with E-state index >= 15 is 0 Å². The molecule has 0 spiro atoms. The van der Waals surface area contributed by atoms with Crippen LogP contribution in [-0.2, 0) is 6.18 Å². The average molecular weight is 403 g/mol. The minimum atomic E-state index is -4.61. The number of halogens is 3. The van der Waals surface area contributed by atoms with E-state index in [1.807, 2.05) is 18.7 Å². The molecule has 0 radical (unpaired) electrons. The lowest BCUT2D eigenvalue weighted by Gasteiger charge is -2.45. The largest absolute Gasteiger partial charge is 0.417 e. The van der Waals surface area contributed by atoms with E-state index in [0.717, 1.165) is 6.07 Å². The Morgan fingerprint density at radius 1 is 1.24 bits per heavy atom. The smallest absolute Gasteiger partial charge is 0.365 e. The summed E-state index contributed by atoms with van der Waals surface area (Å²) in [7, 11) is 0. The fourth-order valence-electron chi connectivity index (χ4n) is 3.44. The average Bonchev–Trinajstić information content (AvgIpc) is 2.69. The SMILES string of the molecule is C[C@@H]1CN(c2ccc(C#N)c(C(F)(F)F)c2)[C@@H](C)CN1C(=O)Nc1cccnc1. The van der Waals surface area contributed by atoms with Gasteiger partial charge in [-0.25, -0.2) is 4.79 Å². The van der Waals surface area contributed by atoms with Gasteiger partial charge in [-0.2, -0.15) is 18.4 Å².